The van der Waals surface area contributed by atoms with E-state index in [0.717, 1.165) is 18.3 Å². The summed E-state index contributed by atoms with van der Waals surface area (Å²) in [5.74, 6) is 1.78. The van der Waals surface area contributed by atoms with E-state index in [1.54, 1.807) is 0 Å². The second-order valence-corrected chi connectivity index (χ2v) is 9.13. The Labute approximate surface area is 152 Å². The summed E-state index contributed by atoms with van der Waals surface area (Å²) in [5, 5.41) is 5.09. The molecule has 0 aromatic carbocycles. The number of hydrogen-bond donors (Lipinski definition) is 0. The van der Waals surface area contributed by atoms with Gasteiger partial charge in [-0.3, -0.25) is 4.68 Å². The molecule has 1 unspecified atom stereocenters. The van der Waals surface area contributed by atoms with Crippen molar-refractivity contribution in [3.05, 3.63) is 35.3 Å². The molecule has 1 atom stereocenters. The van der Waals surface area contributed by atoms with Crippen LogP contribution in [0.5, 0.6) is 0 Å². The summed E-state index contributed by atoms with van der Waals surface area (Å²) in [4.78, 5) is 2.59. The fourth-order valence-corrected chi connectivity index (χ4v) is 4.05. The van der Waals surface area contributed by atoms with Gasteiger partial charge >= 0.3 is 0 Å². The summed E-state index contributed by atoms with van der Waals surface area (Å²) < 4.78 is 4.60. The standard InChI is InChI=1S/C21H34N4/c1-15(2)13-23-11-10-18(14-23)25-19(21(5,6)7)12-20(22-25)24-16(3)8-9-17(24)4/h8-9,12,15,18H,10-11,13-14H2,1-7H3. The van der Waals surface area contributed by atoms with Crippen LogP contribution in [0, 0.1) is 19.8 Å². The van der Waals surface area contributed by atoms with Gasteiger partial charge in [-0.15, -0.1) is 0 Å². The molecule has 2 aromatic heterocycles. The Bertz CT molecular complexity index is 710. The highest BCUT2D eigenvalue weighted by atomic mass is 15.4. The molecule has 1 aliphatic heterocycles. The van der Waals surface area contributed by atoms with Crippen LogP contribution in [-0.2, 0) is 5.41 Å². The first kappa shape index (κ1) is 18.2. The molecule has 3 rings (SSSR count). The fourth-order valence-electron chi connectivity index (χ4n) is 4.05. The van der Waals surface area contributed by atoms with Gasteiger partial charge < -0.3 is 9.47 Å². The van der Waals surface area contributed by atoms with Crippen molar-refractivity contribution in [3.63, 3.8) is 0 Å². The first-order valence-electron chi connectivity index (χ1n) is 9.64. The first-order chi connectivity index (χ1) is 11.7. The highest BCUT2D eigenvalue weighted by Crippen LogP contribution is 2.31. The van der Waals surface area contributed by atoms with Gasteiger partial charge in [0.1, 0.15) is 0 Å². The van der Waals surface area contributed by atoms with Crippen molar-refractivity contribution in [1.82, 2.24) is 19.2 Å². The molecule has 0 spiro atoms. The molecule has 0 bridgehead atoms. The van der Waals surface area contributed by atoms with Crippen LogP contribution >= 0.6 is 0 Å². The Hall–Kier alpha value is -1.55. The van der Waals surface area contributed by atoms with Gasteiger partial charge in [-0.05, 0) is 38.3 Å². The van der Waals surface area contributed by atoms with Crippen LogP contribution in [0.15, 0.2) is 18.2 Å². The van der Waals surface area contributed by atoms with Gasteiger partial charge in [0.05, 0.1) is 6.04 Å². The second-order valence-electron chi connectivity index (χ2n) is 9.13. The topological polar surface area (TPSA) is 26.0 Å². The molecule has 2 aromatic rings. The molecular formula is C21H34N4. The van der Waals surface area contributed by atoms with E-state index in [2.05, 4.69) is 80.8 Å². The van der Waals surface area contributed by atoms with Crippen LogP contribution < -0.4 is 0 Å². The number of hydrogen-bond acceptors (Lipinski definition) is 2. The van der Waals surface area contributed by atoms with Crippen molar-refractivity contribution in [3.8, 4) is 5.82 Å². The largest absolute Gasteiger partial charge is 0.302 e. The normalized spacial score (nSPS) is 19.3. The van der Waals surface area contributed by atoms with E-state index in [4.69, 9.17) is 5.10 Å². The van der Waals surface area contributed by atoms with E-state index in [1.807, 2.05) is 0 Å². The third kappa shape index (κ3) is 3.69. The van der Waals surface area contributed by atoms with Crippen LogP contribution in [0.25, 0.3) is 5.82 Å². The van der Waals surface area contributed by atoms with Crippen LogP contribution in [0.4, 0.5) is 0 Å². The zero-order valence-corrected chi connectivity index (χ0v) is 17.0. The van der Waals surface area contributed by atoms with Crippen LogP contribution in [0.3, 0.4) is 0 Å². The third-order valence-electron chi connectivity index (χ3n) is 5.21. The monoisotopic (exact) mass is 342 g/mol. The minimum Gasteiger partial charge on any atom is -0.302 e. The Balaban J connectivity index is 1.96. The maximum absolute atomic E-state index is 5.09. The average molecular weight is 343 g/mol. The lowest BCUT2D eigenvalue weighted by Gasteiger charge is -2.24. The fraction of sp³-hybridized carbons (Fsp3) is 0.667. The van der Waals surface area contributed by atoms with Crippen molar-refractivity contribution in [1.29, 1.82) is 0 Å². The van der Waals surface area contributed by atoms with Crippen molar-refractivity contribution in [2.75, 3.05) is 19.6 Å². The van der Waals surface area contributed by atoms with Crippen LogP contribution in [-0.4, -0.2) is 38.9 Å². The molecule has 3 heterocycles. The molecule has 138 valence electrons. The predicted molar refractivity (Wildman–Crippen MR) is 105 cm³/mol. The van der Waals surface area contributed by atoms with Crippen LogP contribution in [0.2, 0.25) is 0 Å². The van der Waals surface area contributed by atoms with Gasteiger partial charge in [0.2, 0.25) is 0 Å². The van der Waals surface area contributed by atoms with E-state index in [-0.39, 0.29) is 5.41 Å². The summed E-state index contributed by atoms with van der Waals surface area (Å²) in [6.07, 6.45) is 1.20. The third-order valence-corrected chi connectivity index (χ3v) is 5.21. The molecule has 0 aliphatic carbocycles. The van der Waals surface area contributed by atoms with Crippen molar-refractivity contribution < 1.29 is 0 Å². The van der Waals surface area contributed by atoms with Crippen molar-refractivity contribution in [2.24, 2.45) is 5.92 Å². The quantitative estimate of drug-likeness (QED) is 0.818. The lowest BCUT2D eigenvalue weighted by molar-refractivity contribution is 0.281. The smallest absolute Gasteiger partial charge is 0.159 e. The Morgan fingerprint density at radius 3 is 2.36 bits per heavy atom. The molecule has 25 heavy (non-hydrogen) atoms. The van der Waals surface area contributed by atoms with Crippen LogP contribution in [0.1, 0.15) is 64.2 Å². The van der Waals surface area contributed by atoms with E-state index < -0.39 is 0 Å². The van der Waals surface area contributed by atoms with Gasteiger partial charge in [-0.25, -0.2) is 0 Å². The molecule has 4 heteroatoms. The zero-order chi connectivity index (χ0) is 18.4. The average Bonchev–Trinajstić information content (AvgIpc) is 3.16. The number of likely N-dealkylation sites (tertiary alicyclic amines) is 1. The van der Waals surface area contributed by atoms with E-state index in [1.165, 1.54) is 36.6 Å². The van der Waals surface area contributed by atoms with E-state index in [9.17, 15) is 0 Å². The summed E-state index contributed by atoms with van der Waals surface area (Å²) in [6, 6.07) is 7.12. The second kappa shape index (κ2) is 6.64. The summed E-state index contributed by atoms with van der Waals surface area (Å²) in [6.45, 7) is 19.3. The highest BCUT2D eigenvalue weighted by Gasteiger charge is 2.30. The Morgan fingerprint density at radius 2 is 1.80 bits per heavy atom. The van der Waals surface area contributed by atoms with Gasteiger partial charge in [-0.2, -0.15) is 5.10 Å². The molecular weight excluding hydrogens is 308 g/mol. The van der Waals surface area contributed by atoms with Gasteiger partial charge in [0.25, 0.3) is 0 Å². The van der Waals surface area contributed by atoms with Crippen molar-refractivity contribution >= 4 is 0 Å². The molecule has 0 amide bonds. The minimum absolute atomic E-state index is 0.0890. The van der Waals surface area contributed by atoms with E-state index >= 15 is 0 Å². The Kier molecular flexibility index (Phi) is 4.84. The highest BCUT2D eigenvalue weighted by molar-refractivity contribution is 5.35. The first-order valence-corrected chi connectivity index (χ1v) is 9.64. The van der Waals surface area contributed by atoms with Gasteiger partial charge in [0.15, 0.2) is 5.82 Å². The summed E-state index contributed by atoms with van der Waals surface area (Å²) >= 11 is 0. The molecule has 1 fully saturated rings. The molecule has 0 radical (unpaired) electrons. The van der Waals surface area contributed by atoms with Gasteiger partial charge in [0, 0.05) is 48.2 Å². The molecule has 1 saturated heterocycles. The summed E-state index contributed by atoms with van der Waals surface area (Å²) in [7, 11) is 0. The predicted octanol–water partition coefficient (Wildman–Crippen LogP) is 4.49. The minimum atomic E-state index is 0.0890. The Morgan fingerprint density at radius 1 is 1.16 bits per heavy atom. The number of aryl methyl sites for hydroxylation is 2. The van der Waals surface area contributed by atoms with Gasteiger partial charge in [-0.1, -0.05) is 34.6 Å². The number of nitrogens with zero attached hydrogens (tertiary/aromatic N) is 4. The SMILES string of the molecule is Cc1ccc(C)n1-c1cc(C(C)(C)C)n(C2CCN(CC(C)C)C2)n1. The van der Waals surface area contributed by atoms with E-state index in [0.29, 0.717) is 6.04 Å². The number of rotatable bonds is 4. The molecule has 4 nitrogen and oxygen atoms in total. The number of aromatic nitrogens is 3. The molecule has 0 saturated carbocycles. The maximum atomic E-state index is 5.09. The van der Waals surface area contributed by atoms with Crippen molar-refractivity contribution in [2.45, 2.75) is 66.3 Å². The molecule has 0 N–H and O–H groups in total. The molecule has 1 aliphatic rings. The lowest BCUT2D eigenvalue weighted by atomic mass is 9.91. The summed E-state index contributed by atoms with van der Waals surface area (Å²) in [5.41, 5.74) is 3.92. The zero-order valence-electron chi connectivity index (χ0n) is 17.0. The lowest BCUT2D eigenvalue weighted by Crippen LogP contribution is -2.27. The maximum Gasteiger partial charge on any atom is 0.159 e.